The molecule has 128 valence electrons. The summed E-state index contributed by atoms with van der Waals surface area (Å²) in [5.74, 6) is 2.61. The van der Waals surface area contributed by atoms with Gasteiger partial charge >= 0.3 is 6.03 Å². The minimum atomic E-state index is -0.0868. The summed E-state index contributed by atoms with van der Waals surface area (Å²) < 4.78 is 0. The number of nitrogens with one attached hydrogen (secondary N) is 2. The van der Waals surface area contributed by atoms with Crippen molar-refractivity contribution in [3.63, 3.8) is 0 Å². The molecule has 4 heteroatoms. The van der Waals surface area contributed by atoms with Crippen LogP contribution in [0.5, 0.6) is 0 Å². The molecule has 2 amide bonds. The second kappa shape index (κ2) is 5.91. The van der Waals surface area contributed by atoms with Gasteiger partial charge in [-0.2, -0.15) is 0 Å². The number of Topliss-reactive ketones (excluding diaryl/α,β-unsaturated/α-hetero) is 1. The van der Waals surface area contributed by atoms with Crippen LogP contribution in [0, 0.1) is 17.8 Å². The van der Waals surface area contributed by atoms with Crippen LogP contribution in [-0.2, 0) is 11.2 Å². The molecule has 4 fully saturated rings. The molecule has 1 aromatic carbocycles. The van der Waals surface area contributed by atoms with Crippen LogP contribution in [0.2, 0.25) is 0 Å². The molecule has 0 radical (unpaired) electrons. The van der Waals surface area contributed by atoms with Crippen molar-refractivity contribution in [1.29, 1.82) is 0 Å². The van der Waals surface area contributed by atoms with Gasteiger partial charge in [-0.1, -0.05) is 12.1 Å². The van der Waals surface area contributed by atoms with Gasteiger partial charge < -0.3 is 10.6 Å². The Bertz CT molecular complexity index is 615. The van der Waals surface area contributed by atoms with Crippen LogP contribution in [0.4, 0.5) is 10.5 Å². The van der Waals surface area contributed by atoms with E-state index in [0.717, 1.165) is 48.3 Å². The lowest BCUT2D eigenvalue weighted by Gasteiger charge is -2.56. The van der Waals surface area contributed by atoms with E-state index in [4.69, 9.17) is 0 Å². The fraction of sp³-hybridized carbons (Fsp3) is 0.600. The summed E-state index contributed by atoms with van der Waals surface area (Å²) >= 11 is 0. The van der Waals surface area contributed by atoms with E-state index >= 15 is 0 Å². The summed E-state index contributed by atoms with van der Waals surface area (Å²) in [5.41, 5.74) is 1.80. The molecule has 0 heterocycles. The number of urea groups is 1. The summed E-state index contributed by atoms with van der Waals surface area (Å²) in [5, 5.41) is 6.28. The van der Waals surface area contributed by atoms with Crippen molar-refractivity contribution in [1.82, 2.24) is 5.32 Å². The SMILES string of the molecule is CC(=O)Cc1ccc(NC(=O)NC23CC4CC(CC(C4)C2)C3)cc1. The first-order valence-corrected chi connectivity index (χ1v) is 9.17. The normalized spacial score (nSPS) is 33.3. The highest BCUT2D eigenvalue weighted by atomic mass is 16.2. The van der Waals surface area contributed by atoms with Crippen molar-refractivity contribution >= 4 is 17.5 Å². The number of carbonyl (C=O) groups is 2. The zero-order valence-corrected chi connectivity index (χ0v) is 14.3. The highest BCUT2D eigenvalue weighted by Crippen LogP contribution is 2.55. The predicted molar refractivity (Wildman–Crippen MR) is 93.9 cm³/mol. The van der Waals surface area contributed by atoms with Crippen LogP contribution in [0.1, 0.15) is 51.0 Å². The van der Waals surface area contributed by atoms with E-state index in [0.29, 0.717) is 6.42 Å². The molecule has 0 aliphatic heterocycles. The largest absolute Gasteiger partial charge is 0.332 e. The van der Waals surface area contributed by atoms with Crippen molar-refractivity contribution in [2.75, 3.05) is 5.32 Å². The number of rotatable bonds is 4. The average Bonchev–Trinajstić information content (AvgIpc) is 2.46. The molecule has 0 aromatic heterocycles. The number of anilines is 1. The zero-order chi connectivity index (χ0) is 16.7. The highest BCUT2D eigenvalue weighted by Gasteiger charge is 2.51. The van der Waals surface area contributed by atoms with Crippen LogP contribution in [0.3, 0.4) is 0 Å². The predicted octanol–water partition coefficient (Wildman–Crippen LogP) is 3.91. The average molecular weight is 326 g/mol. The highest BCUT2D eigenvalue weighted by molar-refractivity contribution is 5.90. The summed E-state index contributed by atoms with van der Waals surface area (Å²) in [6.07, 6.45) is 8.04. The lowest BCUT2D eigenvalue weighted by molar-refractivity contribution is -0.116. The van der Waals surface area contributed by atoms with Crippen LogP contribution in [0.15, 0.2) is 24.3 Å². The van der Waals surface area contributed by atoms with Gasteiger partial charge in [0.05, 0.1) is 0 Å². The van der Waals surface area contributed by atoms with E-state index in [-0.39, 0.29) is 17.4 Å². The second-order valence-corrected chi connectivity index (χ2v) is 8.35. The molecule has 0 unspecified atom stereocenters. The number of hydrogen-bond donors (Lipinski definition) is 2. The Morgan fingerprint density at radius 2 is 1.54 bits per heavy atom. The van der Waals surface area contributed by atoms with Gasteiger partial charge in [0.2, 0.25) is 0 Å². The van der Waals surface area contributed by atoms with Crippen LogP contribution in [0.25, 0.3) is 0 Å². The van der Waals surface area contributed by atoms with Crippen LogP contribution in [-0.4, -0.2) is 17.4 Å². The van der Waals surface area contributed by atoms with Crippen molar-refractivity contribution in [2.24, 2.45) is 17.8 Å². The Morgan fingerprint density at radius 3 is 2.04 bits per heavy atom. The van der Waals surface area contributed by atoms with Gasteiger partial charge in [-0.15, -0.1) is 0 Å². The standard InChI is InChI=1S/C20H26N2O2/c1-13(23)6-14-2-4-18(5-3-14)21-19(24)22-20-10-15-7-16(11-20)9-17(8-15)12-20/h2-5,15-17H,6-12H2,1H3,(H2,21,22,24). The molecule has 2 N–H and O–H groups in total. The first kappa shape index (κ1) is 15.7. The Balaban J connectivity index is 1.37. The molecule has 0 spiro atoms. The molecule has 4 bridgehead atoms. The van der Waals surface area contributed by atoms with Gasteiger partial charge in [0.15, 0.2) is 0 Å². The molecular weight excluding hydrogens is 300 g/mol. The summed E-state index contributed by atoms with van der Waals surface area (Å²) in [7, 11) is 0. The Kier molecular flexibility index (Phi) is 3.86. The van der Waals surface area contributed by atoms with Gasteiger partial charge in [-0.3, -0.25) is 4.79 Å². The van der Waals surface area contributed by atoms with Gasteiger partial charge in [0, 0.05) is 17.6 Å². The fourth-order valence-electron chi connectivity index (χ4n) is 5.66. The quantitative estimate of drug-likeness (QED) is 0.881. The third kappa shape index (κ3) is 3.19. The molecule has 0 saturated heterocycles. The number of ketones is 1. The third-order valence-corrected chi connectivity index (χ3v) is 6.08. The molecule has 5 rings (SSSR count). The van der Waals surface area contributed by atoms with Crippen LogP contribution >= 0.6 is 0 Å². The Hall–Kier alpha value is -1.84. The number of carbonyl (C=O) groups excluding carboxylic acids is 2. The molecule has 0 atom stereocenters. The Labute approximate surface area is 143 Å². The summed E-state index contributed by atoms with van der Waals surface area (Å²) in [4.78, 5) is 23.6. The van der Waals surface area contributed by atoms with Gasteiger partial charge in [0.1, 0.15) is 5.78 Å². The minimum absolute atomic E-state index is 0.0351. The Morgan fingerprint density at radius 1 is 1.00 bits per heavy atom. The lowest BCUT2D eigenvalue weighted by atomic mass is 9.53. The monoisotopic (exact) mass is 326 g/mol. The van der Waals surface area contributed by atoms with Crippen molar-refractivity contribution in [2.45, 2.75) is 57.4 Å². The van der Waals surface area contributed by atoms with E-state index < -0.39 is 0 Å². The van der Waals surface area contributed by atoms with E-state index in [1.54, 1.807) is 6.92 Å². The molecular formula is C20H26N2O2. The second-order valence-electron chi connectivity index (χ2n) is 8.35. The maximum Gasteiger partial charge on any atom is 0.319 e. The van der Waals surface area contributed by atoms with Gasteiger partial charge in [-0.25, -0.2) is 4.79 Å². The van der Waals surface area contributed by atoms with Crippen molar-refractivity contribution in [3.8, 4) is 0 Å². The molecule has 4 saturated carbocycles. The molecule has 1 aromatic rings. The minimum Gasteiger partial charge on any atom is -0.332 e. The fourth-order valence-corrected chi connectivity index (χ4v) is 5.66. The van der Waals surface area contributed by atoms with Gasteiger partial charge in [-0.05, 0) is 80.9 Å². The molecule has 4 aliphatic rings. The first-order chi connectivity index (χ1) is 11.5. The molecule has 4 nitrogen and oxygen atoms in total. The smallest absolute Gasteiger partial charge is 0.319 e. The van der Waals surface area contributed by atoms with Gasteiger partial charge in [0.25, 0.3) is 0 Å². The van der Waals surface area contributed by atoms with E-state index in [9.17, 15) is 9.59 Å². The maximum absolute atomic E-state index is 12.5. The van der Waals surface area contributed by atoms with Crippen LogP contribution < -0.4 is 10.6 Å². The lowest BCUT2D eigenvalue weighted by Crippen LogP contribution is -2.60. The molecule has 24 heavy (non-hydrogen) atoms. The molecule has 4 aliphatic carbocycles. The van der Waals surface area contributed by atoms with Crippen molar-refractivity contribution < 1.29 is 9.59 Å². The first-order valence-electron chi connectivity index (χ1n) is 9.17. The van der Waals surface area contributed by atoms with E-state index in [1.807, 2.05) is 24.3 Å². The topological polar surface area (TPSA) is 58.2 Å². The van der Waals surface area contributed by atoms with E-state index in [1.165, 1.54) is 19.3 Å². The number of amides is 2. The summed E-state index contributed by atoms with van der Waals surface area (Å²) in [6.45, 7) is 1.59. The number of hydrogen-bond acceptors (Lipinski definition) is 2. The summed E-state index contributed by atoms with van der Waals surface area (Å²) in [6, 6.07) is 7.47. The maximum atomic E-state index is 12.5. The van der Waals surface area contributed by atoms with E-state index in [2.05, 4.69) is 10.6 Å². The van der Waals surface area contributed by atoms with Crippen molar-refractivity contribution in [3.05, 3.63) is 29.8 Å². The third-order valence-electron chi connectivity index (χ3n) is 6.08. The zero-order valence-electron chi connectivity index (χ0n) is 14.3. The number of benzene rings is 1.